The minimum Gasteiger partial charge on any atom is -0.469 e. The van der Waals surface area contributed by atoms with Gasteiger partial charge in [-0.15, -0.1) is 24.0 Å². The summed E-state index contributed by atoms with van der Waals surface area (Å²) in [5.41, 5.74) is 3.42. The number of piperidine rings is 1. The fraction of sp³-hybridized carbons (Fsp3) is 0.500. The molecule has 0 bridgehead atoms. The van der Waals surface area contributed by atoms with Crippen LogP contribution in [-0.2, 0) is 16.0 Å². The molecule has 2 heterocycles. The van der Waals surface area contributed by atoms with Crippen molar-refractivity contribution in [2.45, 2.75) is 32.6 Å². The number of ether oxygens (including phenoxy) is 1. The zero-order valence-corrected chi connectivity index (χ0v) is 20.3. The number of nitrogens with one attached hydrogen (secondary N) is 1. The Balaban J connectivity index is 0.00000320. The van der Waals surface area contributed by atoms with E-state index in [4.69, 9.17) is 4.74 Å². The molecule has 164 valence electrons. The van der Waals surface area contributed by atoms with Crippen LogP contribution in [0.25, 0.3) is 5.69 Å². The number of esters is 1. The highest BCUT2D eigenvalue weighted by atomic mass is 127. The first kappa shape index (κ1) is 24.2. The number of aromatic nitrogens is 2. The predicted octanol–water partition coefficient (Wildman–Crippen LogP) is 3.19. The lowest BCUT2D eigenvalue weighted by Gasteiger charge is -2.33. The maximum absolute atomic E-state index is 11.7. The molecule has 1 aromatic heterocycles. The number of hydrogen-bond donors (Lipinski definition) is 1. The summed E-state index contributed by atoms with van der Waals surface area (Å²) in [6, 6.07) is 10.2. The normalized spacial score (nSPS) is 14.9. The van der Waals surface area contributed by atoms with Gasteiger partial charge >= 0.3 is 5.97 Å². The zero-order valence-electron chi connectivity index (χ0n) is 18.0. The van der Waals surface area contributed by atoms with Crippen molar-refractivity contribution in [3.05, 3.63) is 47.8 Å². The summed E-state index contributed by atoms with van der Waals surface area (Å²) in [6.07, 6.45) is 5.71. The molecule has 2 aromatic rings. The lowest BCUT2D eigenvalue weighted by Crippen LogP contribution is -2.46. The van der Waals surface area contributed by atoms with Crippen molar-refractivity contribution in [3.63, 3.8) is 0 Å². The van der Waals surface area contributed by atoms with Gasteiger partial charge in [0.15, 0.2) is 5.96 Å². The average Bonchev–Trinajstić information content (AvgIpc) is 3.14. The number of guanidine groups is 1. The van der Waals surface area contributed by atoms with Crippen molar-refractivity contribution in [2.24, 2.45) is 10.9 Å². The number of carbonyl (C=O) groups excluding carboxylic acids is 1. The number of nitrogens with zero attached hydrogens (tertiary/aromatic N) is 4. The molecule has 0 aliphatic carbocycles. The molecule has 1 N–H and O–H groups in total. The first-order valence-electron chi connectivity index (χ1n) is 10.3. The molecule has 3 rings (SSSR count). The van der Waals surface area contributed by atoms with E-state index < -0.39 is 0 Å². The number of hydrogen-bond acceptors (Lipinski definition) is 4. The summed E-state index contributed by atoms with van der Waals surface area (Å²) in [7, 11) is 3.27. The van der Waals surface area contributed by atoms with Crippen molar-refractivity contribution < 1.29 is 9.53 Å². The highest BCUT2D eigenvalue weighted by molar-refractivity contribution is 14.0. The SMILES string of the molecule is CN=C(NCCCc1cn(-c2ccccc2)nc1C)N1CCC(C(=O)OC)CC1.I. The number of likely N-dealkylation sites (tertiary alicyclic amines) is 1. The number of methoxy groups -OCH3 is 1. The number of rotatable bonds is 6. The summed E-state index contributed by atoms with van der Waals surface area (Å²) < 4.78 is 6.81. The lowest BCUT2D eigenvalue weighted by atomic mass is 9.97. The third kappa shape index (κ3) is 6.20. The van der Waals surface area contributed by atoms with Crippen LogP contribution in [0, 0.1) is 12.8 Å². The molecular weight excluding hydrogens is 493 g/mol. The number of carbonyl (C=O) groups is 1. The molecule has 1 aliphatic rings. The fourth-order valence-corrected chi connectivity index (χ4v) is 3.76. The number of aliphatic imine (C=N–C) groups is 1. The van der Waals surface area contributed by atoms with Crippen LogP contribution >= 0.6 is 24.0 Å². The maximum Gasteiger partial charge on any atom is 0.308 e. The first-order chi connectivity index (χ1) is 14.1. The molecule has 1 aromatic carbocycles. The van der Waals surface area contributed by atoms with Crippen LogP contribution in [0.3, 0.4) is 0 Å². The highest BCUT2D eigenvalue weighted by Crippen LogP contribution is 2.18. The molecule has 0 atom stereocenters. The van der Waals surface area contributed by atoms with Crippen molar-refractivity contribution in [3.8, 4) is 5.69 Å². The Kier molecular flexibility index (Phi) is 9.61. The van der Waals surface area contributed by atoms with Gasteiger partial charge < -0.3 is 15.0 Å². The molecule has 30 heavy (non-hydrogen) atoms. The van der Waals surface area contributed by atoms with Crippen LogP contribution in [0.2, 0.25) is 0 Å². The summed E-state index contributed by atoms with van der Waals surface area (Å²) in [5.74, 6) is 0.822. The smallest absolute Gasteiger partial charge is 0.308 e. The van der Waals surface area contributed by atoms with Gasteiger partial charge in [-0.25, -0.2) is 4.68 Å². The molecule has 0 radical (unpaired) electrons. The fourth-order valence-electron chi connectivity index (χ4n) is 3.76. The van der Waals surface area contributed by atoms with Crippen LogP contribution in [0.1, 0.15) is 30.5 Å². The average molecular weight is 525 g/mol. The van der Waals surface area contributed by atoms with E-state index in [-0.39, 0.29) is 35.9 Å². The van der Waals surface area contributed by atoms with Crippen molar-refractivity contribution in [1.82, 2.24) is 20.0 Å². The van der Waals surface area contributed by atoms with Crippen molar-refractivity contribution >= 4 is 35.9 Å². The van der Waals surface area contributed by atoms with Gasteiger partial charge in [-0.3, -0.25) is 9.79 Å². The van der Waals surface area contributed by atoms with E-state index in [1.807, 2.05) is 29.9 Å². The molecule has 0 unspecified atom stereocenters. The largest absolute Gasteiger partial charge is 0.469 e. The molecule has 1 fully saturated rings. The topological polar surface area (TPSA) is 71.8 Å². The molecule has 7 nitrogen and oxygen atoms in total. The molecule has 1 aliphatic heterocycles. The van der Waals surface area contributed by atoms with Crippen LogP contribution in [0.4, 0.5) is 0 Å². The Hall–Kier alpha value is -2.10. The third-order valence-electron chi connectivity index (χ3n) is 5.47. The first-order valence-corrected chi connectivity index (χ1v) is 10.3. The second kappa shape index (κ2) is 11.9. The van der Waals surface area contributed by atoms with E-state index in [0.717, 1.165) is 62.7 Å². The van der Waals surface area contributed by atoms with Gasteiger partial charge in [-0.1, -0.05) is 18.2 Å². The van der Waals surface area contributed by atoms with Gasteiger partial charge in [0.05, 0.1) is 24.4 Å². The summed E-state index contributed by atoms with van der Waals surface area (Å²) in [5, 5.41) is 8.10. The minimum absolute atomic E-state index is 0. The van der Waals surface area contributed by atoms with E-state index >= 15 is 0 Å². The quantitative estimate of drug-likeness (QED) is 0.206. The standard InChI is InChI=1S/C22H31N5O2.HI/c1-17-19(16-27(25-17)20-9-5-4-6-10-20)8-7-13-24-22(23-2)26-14-11-18(12-15-26)21(28)29-3;/h4-6,9-10,16,18H,7-8,11-15H2,1-3H3,(H,23,24);1H. The van der Waals surface area contributed by atoms with Gasteiger partial charge in [0, 0.05) is 32.9 Å². The molecule has 0 saturated carbocycles. The van der Waals surface area contributed by atoms with E-state index in [0.29, 0.717) is 0 Å². The monoisotopic (exact) mass is 525 g/mol. The third-order valence-corrected chi connectivity index (χ3v) is 5.47. The Morgan fingerprint density at radius 2 is 1.97 bits per heavy atom. The van der Waals surface area contributed by atoms with E-state index in [1.54, 1.807) is 0 Å². The molecule has 8 heteroatoms. The van der Waals surface area contributed by atoms with Gasteiger partial charge in [0.2, 0.25) is 0 Å². The zero-order chi connectivity index (χ0) is 20.6. The number of halogens is 1. The van der Waals surface area contributed by atoms with Crippen LogP contribution in [-0.4, -0.2) is 60.4 Å². The van der Waals surface area contributed by atoms with Crippen LogP contribution < -0.4 is 5.32 Å². The van der Waals surface area contributed by atoms with Crippen molar-refractivity contribution in [1.29, 1.82) is 0 Å². The van der Waals surface area contributed by atoms with Crippen LogP contribution in [0.5, 0.6) is 0 Å². The molecule has 1 saturated heterocycles. The summed E-state index contributed by atoms with van der Waals surface area (Å²) in [6.45, 7) is 4.55. The Morgan fingerprint density at radius 3 is 2.60 bits per heavy atom. The van der Waals surface area contributed by atoms with E-state index in [2.05, 4.69) is 45.6 Å². The summed E-state index contributed by atoms with van der Waals surface area (Å²) >= 11 is 0. The predicted molar refractivity (Wildman–Crippen MR) is 130 cm³/mol. The Morgan fingerprint density at radius 1 is 1.27 bits per heavy atom. The van der Waals surface area contributed by atoms with Gasteiger partial charge in [0.25, 0.3) is 0 Å². The Labute approximate surface area is 195 Å². The molecule has 0 amide bonds. The molecular formula is C22H32IN5O2. The van der Waals surface area contributed by atoms with Crippen molar-refractivity contribution in [2.75, 3.05) is 33.8 Å². The van der Waals surface area contributed by atoms with Gasteiger partial charge in [0.1, 0.15) is 0 Å². The van der Waals surface area contributed by atoms with Gasteiger partial charge in [-0.2, -0.15) is 5.10 Å². The number of benzene rings is 1. The minimum atomic E-state index is -0.0981. The second-order valence-electron chi connectivity index (χ2n) is 7.38. The lowest BCUT2D eigenvalue weighted by molar-refractivity contribution is -0.146. The summed E-state index contributed by atoms with van der Waals surface area (Å²) in [4.78, 5) is 18.3. The maximum atomic E-state index is 11.7. The van der Waals surface area contributed by atoms with E-state index in [1.165, 1.54) is 12.7 Å². The number of para-hydroxylation sites is 1. The highest BCUT2D eigenvalue weighted by Gasteiger charge is 2.26. The van der Waals surface area contributed by atoms with Gasteiger partial charge in [-0.05, 0) is 50.3 Å². The number of aryl methyl sites for hydroxylation is 2. The van der Waals surface area contributed by atoms with E-state index in [9.17, 15) is 4.79 Å². The van der Waals surface area contributed by atoms with Crippen LogP contribution in [0.15, 0.2) is 41.5 Å². The Bertz CT molecular complexity index is 829. The second-order valence-corrected chi connectivity index (χ2v) is 7.38. The molecule has 0 spiro atoms.